The summed E-state index contributed by atoms with van der Waals surface area (Å²) < 4.78 is 10.3. The summed E-state index contributed by atoms with van der Waals surface area (Å²) in [6, 6.07) is 11.5. The normalized spacial score (nSPS) is 9.96. The molecule has 0 aliphatic rings. The van der Waals surface area contributed by atoms with Crippen LogP contribution in [0.1, 0.15) is 20.7 Å². The van der Waals surface area contributed by atoms with E-state index < -0.39 is 11.9 Å². The summed E-state index contributed by atoms with van der Waals surface area (Å²) in [4.78, 5) is 35.8. The molecule has 0 bridgehead atoms. The first-order chi connectivity index (χ1) is 12.4. The van der Waals surface area contributed by atoms with E-state index in [4.69, 9.17) is 4.74 Å². The van der Waals surface area contributed by atoms with E-state index in [1.165, 1.54) is 32.4 Å². The molecule has 2 aromatic rings. The van der Waals surface area contributed by atoms with Crippen LogP contribution in [0.3, 0.4) is 0 Å². The molecule has 136 valence electrons. The fourth-order valence-electron chi connectivity index (χ4n) is 2.12. The summed E-state index contributed by atoms with van der Waals surface area (Å²) in [5.41, 5.74) is 1.27. The Hall–Kier alpha value is -2.87. The van der Waals surface area contributed by atoms with Crippen LogP contribution in [0, 0.1) is 0 Å². The number of esters is 2. The first-order valence-electron chi connectivity index (χ1n) is 7.54. The molecule has 0 heterocycles. The molecule has 8 heteroatoms. The van der Waals surface area contributed by atoms with Crippen LogP contribution < -0.4 is 10.6 Å². The Morgan fingerprint density at radius 1 is 0.962 bits per heavy atom. The lowest BCUT2D eigenvalue weighted by Gasteiger charge is -2.12. The van der Waals surface area contributed by atoms with Gasteiger partial charge in [-0.05, 0) is 42.5 Å². The van der Waals surface area contributed by atoms with Crippen molar-refractivity contribution in [2.24, 2.45) is 0 Å². The smallest absolute Gasteiger partial charge is 0.339 e. The van der Waals surface area contributed by atoms with Crippen molar-refractivity contribution >= 4 is 45.2 Å². The molecule has 0 aliphatic carbocycles. The molecule has 1 amide bonds. The zero-order chi connectivity index (χ0) is 19.1. The Kier molecular flexibility index (Phi) is 6.74. The predicted octanol–water partition coefficient (Wildman–Crippen LogP) is 3.07. The minimum absolute atomic E-state index is 0.0231. The molecule has 0 radical (unpaired) electrons. The number of methoxy groups -OCH3 is 2. The minimum atomic E-state index is -0.627. The van der Waals surface area contributed by atoms with Crippen molar-refractivity contribution in [2.75, 3.05) is 31.4 Å². The van der Waals surface area contributed by atoms with Crippen LogP contribution in [0.5, 0.6) is 0 Å². The van der Waals surface area contributed by atoms with Crippen LogP contribution >= 0.6 is 15.9 Å². The number of hydrogen-bond donors (Lipinski definition) is 2. The van der Waals surface area contributed by atoms with E-state index in [0.717, 1.165) is 10.2 Å². The summed E-state index contributed by atoms with van der Waals surface area (Å²) in [6.07, 6.45) is 0. The lowest BCUT2D eigenvalue weighted by Crippen LogP contribution is -2.23. The summed E-state index contributed by atoms with van der Waals surface area (Å²) in [6.45, 7) is -0.0231. The van der Waals surface area contributed by atoms with Gasteiger partial charge in [-0.2, -0.15) is 0 Å². The van der Waals surface area contributed by atoms with Crippen LogP contribution in [-0.4, -0.2) is 38.6 Å². The van der Waals surface area contributed by atoms with Crippen molar-refractivity contribution in [3.63, 3.8) is 0 Å². The van der Waals surface area contributed by atoms with E-state index >= 15 is 0 Å². The van der Waals surface area contributed by atoms with Gasteiger partial charge in [0.2, 0.25) is 5.91 Å². The number of benzene rings is 2. The van der Waals surface area contributed by atoms with Gasteiger partial charge in [-0.15, -0.1) is 0 Å². The maximum atomic E-state index is 12.2. The molecular weight excluding hydrogens is 404 g/mol. The van der Waals surface area contributed by atoms with Gasteiger partial charge in [0.25, 0.3) is 0 Å². The molecule has 2 rings (SSSR count). The fraction of sp³-hybridized carbons (Fsp3) is 0.167. The van der Waals surface area contributed by atoms with Gasteiger partial charge >= 0.3 is 11.9 Å². The molecule has 7 nitrogen and oxygen atoms in total. The molecule has 0 fully saturated rings. The molecule has 0 unspecified atom stereocenters. The highest BCUT2D eigenvalue weighted by atomic mass is 79.9. The molecule has 0 saturated carbocycles. The minimum Gasteiger partial charge on any atom is -0.465 e. The Labute approximate surface area is 158 Å². The first kappa shape index (κ1) is 19.5. The monoisotopic (exact) mass is 420 g/mol. The largest absolute Gasteiger partial charge is 0.465 e. The van der Waals surface area contributed by atoms with E-state index in [9.17, 15) is 14.4 Å². The zero-order valence-corrected chi connectivity index (χ0v) is 15.8. The SMILES string of the molecule is COC(=O)c1ccc(C(=O)OC)c(NC(=O)CNc2ccc(Br)cc2)c1. The summed E-state index contributed by atoms with van der Waals surface area (Å²) in [5.74, 6) is -1.59. The number of carbonyl (C=O) groups excluding carboxylic acids is 3. The standard InChI is InChI=1S/C18H17BrN2O5/c1-25-17(23)11-3-8-14(18(24)26-2)15(9-11)21-16(22)10-20-13-6-4-12(19)5-7-13/h3-9,20H,10H2,1-2H3,(H,21,22). The third kappa shape index (κ3) is 5.06. The molecule has 0 saturated heterocycles. The summed E-state index contributed by atoms with van der Waals surface area (Å²) >= 11 is 3.33. The van der Waals surface area contributed by atoms with E-state index in [1.807, 2.05) is 24.3 Å². The van der Waals surface area contributed by atoms with Crippen molar-refractivity contribution < 1.29 is 23.9 Å². The van der Waals surface area contributed by atoms with Crippen molar-refractivity contribution in [3.05, 3.63) is 58.1 Å². The molecule has 0 aliphatic heterocycles. The fourth-order valence-corrected chi connectivity index (χ4v) is 2.39. The number of nitrogens with one attached hydrogen (secondary N) is 2. The van der Waals surface area contributed by atoms with E-state index in [1.54, 1.807) is 0 Å². The van der Waals surface area contributed by atoms with Gasteiger partial charge < -0.3 is 20.1 Å². The molecular formula is C18H17BrN2O5. The Morgan fingerprint density at radius 3 is 2.23 bits per heavy atom. The summed E-state index contributed by atoms with van der Waals surface area (Å²) in [7, 11) is 2.48. The van der Waals surface area contributed by atoms with Gasteiger partial charge in [-0.1, -0.05) is 15.9 Å². The Bertz CT molecular complexity index is 821. The number of amides is 1. The maximum absolute atomic E-state index is 12.2. The second kappa shape index (κ2) is 9.00. The Balaban J connectivity index is 2.14. The second-order valence-corrected chi connectivity index (χ2v) is 6.07. The van der Waals surface area contributed by atoms with E-state index in [-0.39, 0.29) is 29.3 Å². The lowest BCUT2D eigenvalue weighted by atomic mass is 10.1. The van der Waals surface area contributed by atoms with Crippen LogP contribution in [0.2, 0.25) is 0 Å². The zero-order valence-electron chi connectivity index (χ0n) is 14.2. The first-order valence-corrected chi connectivity index (χ1v) is 8.34. The third-order valence-electron chi connectivity index (χ3n) is 3.42. The molecule has 0 spiro atoms. The quantitative estimate of drug-likeness (QED) is 0.697. The van der Waals surface area contributed by atoms with E-state index in [2.05, 4.69) is 31.3 Å². The van der Waals surface area contributed by atoms with E-state index in [0.29, 0.717) is 0 Å². The number of halogens is 1. The average molecular weight is 421 g/mol. The van der Waals surface area contributed by atoms with Crippen molar-refractivity contribution in [1.82, 2.24) is 0 Å². The molecule has 0 atom stereocenters. The third-order valence-corrected chi connectivity index (χ3v) is 3.95. The topological polar surface area (TPSA) is 93.7 Å². The lowest BCUT2D eigenvalue weighted by molar-refractivity contribution is -0.114. The average Bonchev–Trinajstić information content (AvgIpc) is 2.66. The second-order valence-electron chi connectivity index (χ2n) is 5.15. The number of anilines is 2. The van der Waals surface area contributed by atoms with Gasteiger partial charge in [-0.25, -0.2) is 9.59 Å². The maximum Gasteiger partial charge on any atom is 0.339 e. The highest BCUT2D eigenvalue weighted by Gasteiger charge is 2.17. The number of carbonyl (C=O) groups is 3. The summed E-state index contributed by atoms with van der Waals surface area (Å²) in [5, 5.41) is 5.57. The highest BCUT2D eigenvalue weighted by molar-refractivity contribution is 9.10. The van der Waals surface area contributed by atoms with Crippen LogP contribution in [0.15, 0.2) is 46.9 Å². The molecule has 26 heavy (non-hydrogen) atoms. The highest BCUT2D eigenvalue weighted by Crippen LogP contribution is 2.20. The van der Waals surface area contributed by atoms with Crippen molar-refractivity contribution in [1.29, 1.82) is 0 Å². The predicted molar refractivity (Wildman–Crippen MR) is 100 cm³/mol. The van der Waals surface area contributed by atoms with Crippen LogP contribution in [-0.2, 0) is 14.3 Å². The number of rotatable bonds is 6. The van der Waals surface area contributed by atoms with Gasteiger partial charge in [0, 0.05) is 10.2 Å². The number of hydrogen-bond acceptors (Lipinski definition) is 6. The van der Waals surface area contributed by atoms with Gasteiger partial charge in [0.1, 0.15) is 0 Å². The van der Waals surface area contributed by atoms with Crippen molar-refractivity contribution in [3.8, 4) is 0 Å². The van der Waals surface area contributed by atoms with Gasteiger partial charge in [-0.3, -0.25) is 4.79 Å². The van der Waals surface area contributed by atoms with Gasteiger partial charge in [0.15, 0.2) is 0 Å². The number of ether oxygens (including phenoxy) is 2. The van der Waals surface area contributed by atoms with Gasteiger partial charge in [0.05, 0.1) is 37.6 Å². The molecule has 2 N–H and O–H groups in total. The molecule has 2 aromatic carbocycles. The Morgan fingerprint density at radius 2 is 1.62 bits per heavy atom. The van der Waals surface area contributed by atoms with Crippen LogP contribution in [0.25, 0.3) is 0 Å². The van der Waals surface area contributed by atoms with Crippen LogP contribution in [0.4, 0.5) is 11.4 Å². The van der Waals surface area contributed by atoms with Crippen molar-refractivity contribution in [2.45, 2.75) is 0 Å². The molecule has 0 aromatic heterocycles.